The van der Waals surface area contributed by atoms with Crippen molar-refractivity contribution in [3.63, 3.8) is 0 Å². The summed E-state index contributed by atoms with van der Waals surface area (Å²) < 4.78 is 25.6. The van der Waals surface area contributed by atoms with Gasteiger partial charge in [-0.1, -0.05) is 30.3 Å². The smallest absolute Gasteiger partial charge is 0.264 e. The van der Waals surface area contributed by atoms with Crippen LogP contribution >= 0.6 is 0 Å². The number of hydrogen-bond acceptors (Lipinski definition) is 5. The zero-order valence-corrected chi connectivity index (χ0v) is 14.7. The molecule has 0 aliphatic carbocycles. The number of carbonyl (C=O) groups excluding carboxylic acids is 2. The van der Waals surface area contributed by atoms with Crippen LogP contribution in [0.4, 0.5) is 5.69 Å². The molecule has 0 saturated carbocycles. The molecule has 130 valence electrons. The Morgan fingerprint density at radius 1 is 0.960 bits per heavy atom. The molecule has 0 radical (unpaired) electrons. The van der Waals surface area contributed by atoms with E-state index in [1.54, 1.807) is 31.2 Å². The van der Waals surface area contributed by atoms with E-state index in [4.69, 9.17) is 0 Å². The minimum Gasteiger partial charge on any atom is -0.294 e. The van der Waals surface area contributed by atoms with Gasteiger partial charge in [0.15, 0.2) is 5.78 Å². The zero-order chi connectivity index (χ0) is 18.4. The zero-order valence-electron chi connectivity index (χ0n) is 13.9. The maximum absolute atomic E-state index is 12.1. The van der Waals surface area contributed by atoms with Crippen molar-refractivity contribution >= 4 is 33.1 Å². The predicted octanol–water partition coefficient (Wildman–Crippen LogP) is 2.88. The van der Waals surface area contributed by atoms with E-state index < -0.39 is 15.9 Å². The molecule has 2 rings (SSSR count). The number of amides is 1. The number of nitrogens with one attached hydrogen (secondary N) is 1. The molecule has 1 amide bonds. The molecule has 0 heterocycles. The summed E-state index contributed by atoms with van der Waals surface area (Å²) in [4.78, 5) is 27.3. The summed E-state index contributed by atoms with van der Waals surface area (Å²) in [5.74, 6) is -0.691. The number of aliphatic imine (C=N–C) groups is 1. The van der Waals surface area contributed by atoms with E-state index in [0.717, 1.165) is 6.92 Å². The SMILES string of the molecule is CC(=O)NS(=O)(=O)c1ccc(N=C(C)CC(=O)c2ccccc2)cc1. The normalized spacial score (nSPS) is 11.8. The Hall–Kier alpha value is -2.80. The van der Waals surface area contributed by atoms with Gasteiger partial charge in [0.2, 0.25) is 5.91 Å². The highest BCUT2D eigenvalue weighted by Crippen LogP contribution is 2.17. The highest BCUT2D eigenvalue weighted by atomic mass is 32.2. The van der Waals surface area contributed by atoms with Crippen LogP contribution in [0.25, 0.3) is 0 Å². The molecule has 0 aliphatic rings. The van der Waals surface area contributed by atoms with Crippen molar-refractivity contribution in [2.24, 2.45) is 4.99 Å². The van der Waals surface area contributed by atoms with Gasteiger partial charge in [-0.25, -0.2) is 13.1 Å². The second-order valence-corrected chi connectivity index (χ2v) is 7.15. The maximum atomic E-state index is 12.1. The van der Waals surface area contributed by atoms with Gasteiger partial charge in [-0.3, -0.25) is 14.6 Å². The fourth-order valence-corrected chi connectivity index (χ4v) is 3.16. The van der Waals surface area contributed by atoms with Crippen molar-refractivity contribution in [3.05, 3.63) is 60.2 Å². The summed E-state index contributed by atoms with van der Waals surface area (Å²) in [6, 6.07) is 14.7. The quantitative estimate of drug-likeness (QED) is 0.635. The molecule has 6 nitrogen and oxygen atoms in total. The molecule has 7 heteroatoms. The third-order valence-corrected chi connectivity index (χ3v) is 4.71. The summed E-state index contributed by atoms with van der Waals surface area (Å²) in [7, 11) is -3.86. The number of nitrogens with zero attached hydrogens (tertiary/aromatic N) is 1. The van der Waals surface area contributed by atoms with E-state index in [1.807, 2.05) is 10.8 Å². The maximum Gasteiger partial charge on any atom is 0.264 e. The average Bonchev–Trinajstić information content (AvgIpc) is 2.55. The average molecular weight is 358 g/mol. The van der Waals surface area contributed by atoms with Gasteiger partial charge >= 0.3 is 0 Å². The lowest BCUT2D eigenvalue weighted by molar-refractivity contribution is -0.117. The van der Waals surface area contributed by atoms with Gasteiger partial charge in [-0.05, 0) is 31.2 Å². The molecule has 0 aliphatic heterocycles. The molecule has 0 atom stereocenters. The largest absolute Gasteiger partial charge is 0.294 e. The van der Waals surface area contributed by atoms with Crippen LogP contribution in [0.1, 0.15) is 30.6 Å². The van der Waals surface area contributed by atoms with Crippen molar-refractivity contribution in [2.75, 3.05) is 0 Å². The third kappa shape index (κ3) is 5.36. The van der Waals surface area contributed by atoms with Crippen LogP contribution in [0.2, 0.25) is 0 Å². The predicted molar refractivity (Wildman–Crippen MR) is 95.6 cm³/mol. The molecule has 25 heavy (non-hydrogen) atoms. The van der Waals surface area contributed by atoms with Gasteiger partial charge in [0, 0.05) is 24.6 Å². The van der Waals surface area contributed by atoms with Gasteiger partial charge in [0.25, 0.3) is 10.0 Å². The van der Waals surface area contributed by atoms with E-state index in [0.29, 0.717) is 17.0 Å². The molecule has 0 bridgehead atoms. The number of carbonyl (C=O) groups is 2. The Morgan fingerprint density at radius 2 is 1.56 bits per heavy atom. The summed E-state index contributed by atoms with van der Waals surface area (Å²) in [5.41, 5.74) is 1.76. The number of Topliss-reactive ketones (excluding diaryl/α,β-unsaturated/α-hetero) is 1. The molecule has 0 aromatic heterocycles. The Labute approximate surface area is 146 Å². The van der Waals surface area contributed by atoms with Crippen molar-refractivity contribution < 1.29 is 18.0 Å². The highest BCUT2D eigenvalue weighted by molar-refractivity contribution is 7.90. The lowest BCUT2D eigenvalue weighted by atomic mass is 10.1. The van der Waals surface area contributed by atoms with Crippen molar-refractivity contribution in [2.45, 2.75) is 25.2 Å². The lowest BCUT2D eigenvalue weighted by Crippen LogP contribution is -2.28. The van der Waals surface area contributed by atoms with E-state index in [-0.39, 0.29) is 17.1 Å². The molecular formula is C18H18N2O4S. The van der Waals surface area contributed by atoms with Crippen LogP contribution in [-0.4, -0.2) is 25.8 Å². The topological polar surface area (TPSA) is 92.7 Å². The lowest BCUT2D eigenvalue weighted by Gasteiger charge is -2.05. The monoisotopic (exact) mass is 358 g/mol. The molecule has 0 fully saturated rings. The Balaban J connectivity index is 2.10. The van der Waals surface area contributed by atoms with E-state index in [2.05, 4.69) is 4.99 Å². The first-order chi connectivity index (χ1) is 11.8. The first kappa shape index (κ1) is 18.5. The molecule has 2 aromatic carbocycles. The first-order valence-corrected chi connectivity index (χ1v) is 9.02. The molecule has 0 unspecified atom stereocenters. The van der Waals surface area contributed by atoms with E-state index in [1.165, 1.54) is 24.3 Å². The van der Waals surface area contributed by atoms with Crippen LogP contribution < -0.4 is 4.72 Å². The van der Waals surface area contributed by atoms with Crippen LogP contribution in [0.5, 0.6) is 0 Å². The second kappa shape index (κ2) is 7.85. The first-order valence-electron chi connectivity index (χ1n) is 7.54. The van der Waals surface area contributed by atoms with E-state index in [9.17, 15) is 18.0 Å². The van der Waals surface area contributed by atoms with Gasteiger partial charge in [0.05, 0.1) is 10.6 Å². The highest BCUT2D eigenvalue weighted by Gasteiger charge is 2.15. The van der Waals surface area contributed by atoms with Crippen molar-refractivity contribution in [3.8, 4) is 0 Å². The standard InChI is InChI=1S/C18H18N2O4S/c1-13(12-18(22)15-6-4-3-5-7-15)19-16-8-10-17(11-9-16)25(23,24)20-14(2)21/h3-11H,12H2,1-2H3,(H,20,21). The van der Waals surface area contributed by atoms with Gasteiger partial charge < -0.3 is 0 Å². The van der Waals surface area contributed by atoms with Crippen LogP contribution in [0, 0.1) is 0 Å². The molecule has 0 spiro atoms. The fraction of sp³-hybridized carbons (Fsp3) is 0.167. The number of benzene rings is 2. The van der Waals surface area contributed by atoms with E-state index >= 15 is 0 Å². The summed E-state index contributed by atoms with van der Waals surface area (Å²) in [6.45, 7) is 2.87. The van der Waals surface area contributed by atoms with Crippen LogP contribution in [0.15, 0.2) is 64.5 Å². The summed E-state index contributed by atoms with van der Waals surface area (Å²) in [6.07, 6.45) is 0.177. The minimum atomic E-state index is -3.86. The number of rotatable bonds is 6. The molecule has 2 aromatic rings. The third-order valence-electron chi connectivity index (χ3n) is 3.26. The second-order valence-electron chi connectivity index (χ2n) is 5.47. The molecular weight excluding hydrogens is 340 g/mol. The van der Waals surface area contributed by atoms with Gasteiger partial charge in [-0.15, -0.1) is 0 Å². The Kier molecular flexibility index (Phi) is 5.82. The van der Waals surface area contributed by atoms with Gasteiger partial charge in [0.1, 0.15) is 0 Å². The van der Waals surface area contributed by atoms with Crippen LogP contribution in [-0.2, 0) is 14.8 Å². The fourth-order valence-electron chi connectivity index (χ4n) is 2.17. The number of hydrogen-bond donors (Lipinski definition) is 1. The number of ketones is 1. The Morgan fingerprint density at radius 3 is 2.12 bits per heavy atom. The summed E-state index contributed by atoms with van der Waals surface area (Å²) >= 11 is 0. The van der Waals surface area contributed by atoms with Crippen molar-refractivity contribution in [1.29, 1.82) is 0 Å². The van der Waals surface area contributed by atoms with Gasteiger partial charge in [-0.2, -0.15) is 0 Å². The van der Waals surface area contributed by atoms with Crippen molar-refractivity contribution in [1.82, 2.24) is 4.72 Å². The minimum absolute atomic E-state index is 0.0281. The molecule has 0 saturated heterocycles. The van der Waals surface area contributed by atoms with Crippen LogP contribution in [0.3, 0.4) is 0 Å². The Bertz CT molecular complexity index is 902. The number of sulfonamides is 1. The molecule has 1 N–H and O–H groups in total. The summed E-state index contributed by atoms with van der Waals surface area (Å²) in [5, 5.41) is 0.